The van der Waals surface area contributed by atoms with E-state index in [0.29, 0.717) is 16.6 Å². The molecule has 208 valence electrons. The fourth-order valence-corrected chi connectivity index (χ4v) is 5.94. The molecule has 1 saturated heterocycles. The molecule has 1 aliphatic rings. The molecule has 40 heavy (non-hydrogen) atoms. The third-order valence-electron chi connectivity index (χ3n) is 7.71. The third kappa shape index (κ3) is 6.57. The van der Waals surface area contributed by atoms with Crippen molar-refractivity contribution in [2.75, 3.05) is 51.2 Å². The molecule has 0 spiro atoms. The van der Waals surface area contributed by atoms with Crippen LogP contribution in [0.3, 0.4) is 0 Å². The molecule has 1 amide bonds. The van der Waals surface area contributed by atoms with Crippen LogP contribution in [-0.4, -0.2) is 72.0 Å². The predicted molar refractivity (Wildman–Crippen MR) is 165 cm³/mol. The van der Waals surface area contributed by atoms with Gasteiger partial charge in [0.05, 0.1) is 21.2 Å². The molecule has 6 nitrogen and oxygen atoms in total. The average molecular weight is 577 g/mol. The van der Waals surface area contributed by atoms with Gasteiger partial charge in [0, 0.05) is 63.6 Å². The van der Waals surface area contributed by atoms with Crippen LogP contribution in [0, 0.1) is 13.8 Å². The first-order valence-corrected chi connectivity index (χ1v) is 14.5. The van der Waals surface area contributed by atoms with Gasteiger partial charge < -0.3 is 9.80 Å². The molecule has 4 aromatic rings. The van der Waals surface area contributed by atoms with E-state index in [2.05, 4.69) is 31.9 Å². The van der Waals surface area contributed by atoms with Crippen LogP contribution in [0.5, 0.6) is 0 Å². The normalized spacial score (nSPS) is 14.9. The van der Waals surface area contributed by atoms with Crippen molar-refractivity contribution in [2.45, 2.75) is 26.2 Å². The molecule has 3 heterocycles. The van der Waals surface area contributed by atoms with Crippen LogP contribution in [0.1, 0.15) is 39.4 Å². The topological polar surface area (TPSA) is 52.6 Å². The predicted octanol–water partition coefficient (Wildman–Crippen LogP) is 6.62. The zero-order valence-electron chi connectivity index (χ0n) is 23.3. The largest absolute Gasteiger partial charge is 0.367 e. The summed E-state index contributed by atoms with van der Waals surface area (Å²) in [6.45, 7) is 9.35. The highest BCUT2D eigenvalue weighted by molar-refractivity contribution is 6.42. The van der Waals surface area contributed by atoms with Gasteiger partial charge in [-0.25, -0.2) is 0 Å². The number of hydrogen-bond donors (Lipinski definition) is 0. The highest BCUT2D eigenvalue weighted by atomic mass is 35.5. The van der Waals surface area contributed by atoms with Crippen LogP contribution in [0.2, 0.25) is 10.0 Å². The number of aromatic nitrogens is 2. The second-order valence-electron chi connectivity index (χ2n) is 10.8. The number of halogens is 2. The maximum Gasteiger partial charge on any atom is 0.253 e. The summed E-state index contributed by atoms with van der Waals surface area (Å²) in [7, 11) is 1.89. The molecule has 2 aromatic carbocycles. The first kappa shape index (κ1) is 28.3. The van der Waals surface area contributed by atoms with Gasteiger partial charge >= 0.3 is 0 Å². The highest BCUT2D eigenvalue weighted by Gasteiger charge is 2.23. The van der Waals surface area contributed by atoms with E-state index in [4.69, 9.17) is 23.2 Å². The number of carbonyl (C=O) groups is 1. The van der Waals surface area contributed by atoms with E-state index < -0.39 is 0 Å². The average Bonchev–Trinajstić information content (AvgIpc) is 2.95. The molecular formula is C32H35Cl2N5O. The van der Waals surface area contributed by atoms with Crippen molar-refractivity contribution < 1.29 is 4.79 Å². The molecule has 8 heteroatoms. The summed E-state index contributed by atoms with van der Waals surface area (Å²) in [5, 5.41) is 1.08. The van der Waals surface area contributed by atoms with Crippen molar-refractivity contribution in [2.24, 2.45) is 0 Å². The monoisotopic (exact) mass is 575 g/mol. The Morgan fingerprint density at radius 1 is 0.925 bits per heavy atom. The van der Waals surface area contributed by atoms with Crippen LogP contribution in [0.15, 0.2) is 67.0 Å². The minimum Gasteiger partial charge on any atom is -0.367 e. The summed E-state index contributed by atoms with van der Waals surface area (Å²) >= 11 is 12.6. The fourth-order valence-electron chi connectivity index (χ4n) is 5.63. The molecule has 0 bridgehead atoms. The number of rotatable bonds is 8. The van der Waals surface area contributed by atoms with Gasteiger partial charge in [-0.3, -0.25) is 19.7 Å². The minimum absolute atomic E-state index is 0.0312. The summed E-state index contributed by atoms with van der Waals surface area (Å²) in [5.41, 5.74) is 7.02. The number of anilines is 1. The molecule has 2 aromatic heterocycles. The number of piperazine rings is 1. The Morgan fingerprint density at radius 3 is 2.40 bits per heavy atom. The van der Waals surface area contributed by atoms with E-state index in [0.717, 1.165) is 78.1 Å². The Morgan fingerprint density at radius 2 is 1.68 bits per heavy atom. The zero-order chi connectivity index (χ0) is 28.2. The van der Waals surface area contributed by atoms with Crippen molar-refractivity contribution >= 4 is 45.8 Å². The van der Waals surface area contributed by atoms with Crippen LogP contribution < -0.4 is 4.90 Å². The summed E-state index contributed by atoms with van der Waals surface area (Å²) in [6.07, 6.45) is 4.60. The van der Waals surface area contributed by atoms with Gasteiger partial charge in [0.15, 0.2) is 0 Å². The first-order valence-electron chi connectivity index (χ1n) is 13.7. The smallest absolute Gasteiger partial charge is 0.253 e. The van der Waals surface area contributed by atoms with Crippen LogP contribution in [0.4, 0.5) is 5.69 Å². The van der Waals surface area contributed by atoms with E-state index in [9.17, 15) is 4.79 Å². The lowest BCUT2D eigenvalue weighted by Gasteiger charge is -2.37. The lowest BCUT2D eigenvalue weighted by molar-refractivity contribution is 0.0782. The lowest BCUT2D eigenvalue weighted by atomic mass is 9.94. The number of carbonyl (C=O) groups excluding carboxylic acids is 1. The quantitative estimate of drug-likeness (QED) is 0.236. The highest BCUT2D eigenvalue weighted by Crippen LogP contribution is 2.30. The summed E-state index contributed by atoms with van der Waals surface area (Å²) < 4.78 is 0. The Balaban J connectivity index is 1.26. The van der Waals surface area contributed by atoms with Crippen LogP contribution in [0.25, 0.3) is 11.0 Å². The second kappa shape index (κ2) is 12.5. The zero-order valence-corrected chi connectivity index (χ0v) is 24.8. The summed E-state index contributed by atoms with van der Waals surface area (Å²) in [6, 6.07) is 17.8. The van der Waals surface area contributed by atoms with Crippen molar-refractivity contribution in [3.05, 3.63) is 99.3 Å². The van der Waals surface area contributed by atoms with Crippen molar-refractivity contribution in [1.29, 1.82) is 0 Å². The SMILES string of the molecule is Cc1cc(C)cc(C(=O)N(C)CC(CCN2CCN(c3ccnc4cccnc34)CC2)c2ccc(Cl)c(Cl)c2)c1. The minimum atomic E-state index is 0.0312. The summed E-state index contributed by atoms with van der Waals surface area (Å²) in [5.74, 6) is 0.157. The van der Waals surface area contributed by atoms with Crippen LogP contribution >= 0.6 is 23.2 Å². The number of amides is 1. The Bertz CT molecular complexity index is 1480. The van der Waals surface area contributed by atoms with Crippen molar-refractivity contribution in [3.8, 4) is 0 Å². The number of nitrogens with zero attached hydrogens (tertiary/aromatic N) is 5. The number of fused-ring (bicyclic) bond motifs is 1. The molecule has 1 unspecified atom stereocenters. The Labute approximate surface area is 246 Å². The maximum absolute atomic E-state index is 13.4. The van der Waals surface area contributed by atoms with E-state index >= 15 is 0 Å². The van der Waals surface area contributed by atoms with Gasteiger partial charge in [0.25, 0.3) is 5.91 Å². The number of hydrogen-bond acceptors (Lipinski definition) is 5. The lowest BCUT2D eigenvalue weighted by Crippen LogP contribution is -2.47. The van der Waals surface area contributed by atoms with E-state index in [1.165, 1.54) is 0 Å². The van der Waals surface area contributed by atoms with E-state index in [1.807, 2.05) is 80.7 Å². The van der Waals surface area contributed by atoms with Gasteiger partial charge in [-0.1, -0.05) is 46.5 Å². The summed E-state index contributed by atoms with van der Waals surface area (Å²) in [4.78, 5) is 29.1. The molecule has 0 aliphatic carbocycles. The Hall–Kier alpha value is -3.19. The molecule has 0 radical (unpaired) electrons. The standard InChI is InChI=1S/C32H35Cl2N5O/c1-22-17-23(2)19-26(18-22)32(40)37(3)21-25(24-6-7-27(33)28(34)20-24)9-12-38-13-15-39(16-14-38)30-8-11-35-29-5-4-10-36-31(29)30/h4-8,10-11,17-20,25H,9,12-16,21H2,1-3H3. The Kier molecular flexibility index (Phi) is 8.89. The molecule has 1 aliphatic heterocycles. The number of benzene rings is 2. The van der Waals surface area contributed by atoms with Gasteiger partial charge in [-0.05, 0) is 74.8 Å². The number of aryl methyl sites for hydroxylation is 2. The molecular weight excluding hydrogens is 541 g/mol. The molecule has 5 rings (SSSR count). The van der Waals surface area contributed by atoms with Gasteiger partial charge in [-0.15, -0.1) is 0 Å². The van der Waals surface area contributed by atoms with Gasteiger partial charge in [-0.2, -0.15) is 0 Å². The van der Waals surface area contributed by atoms with Crippen molar-refractivity contribution in [3.63, 3.8) is 0 Å². The van der Waals surface area contributed by atoms with Gasteiger partial charge in [0.2, 0.25) is 0 Å². The maximum atomic E-state index is 13.4. The molecule has 1 fully saturated rings. The molecule has 0 saturated carbocycles. The van der Waals surface area contributed by atoms with Crippen LogP contribution in [-0.2, 0) is 0 Å². The number of likely N-dealkylation sites (N-methyl/N-ethyl adjacent to an activating group) is 1. The van der Waals surface area contributed by atoms with E-state index in [-0.39, 0.29) is 11.8 Å². The molecule has 0 N–H and O–H groups in total. The second-order valence-corrected chi connectivity index (χ2v) is 11.6. The van der Waals surface area contributed by atoms with Crippen molar-refractivity contribution in [1.82, 2.24) is 19.8 Å². The first-order chi connectivity index (χ1) is 19.3. The van der Waals surface area contributed by atoms with E-state index in [1.54, 1.807) is 0 Å². The van der Waals surface area contributed by atoms with Gasteiger partial charge in [0.1, 0.15) is 5.52 Å². The fraction of sp³-hybridized carbons (Fsp3) is 0.344. The molecule has 1 atom stereocenters. The third-order valence-corrected chi connectivity index (χ3v) is 8.45. The number of pyridine rings is 2.